The summed E-state index contributed by atoms with van der Waals surface area (Å²) in [7, 11) is 0. The molecule has 11 rings (SSSR count). The van der Waals surface area contributed by atoms with E-state index in [1.807, 2.05) is 11.3 Å². The van der Waals surface area contributed by atoms with E-state index in [1.54, 1.807) is 0 Å². The predicted octanol–water partition coefficient (Wildman–Crippen LogP) is 15.3. The Labute approximate surface area is 311 Å². The van der Waals surface area contributed by atoms with Gasteiger partial charge in [0.15, 0.2) is 0 Å². The van der Waals surface area contributed by atoms with Gasteiger partial charge in [0.1, 0.15) is 0 Å². The first kappa shape index (κ1) is 30.1. The Balaban J connectivity index is 1.17. The lowest BCUT2D eigenvalue weighted by Crippen LogP contribution is -1.92. The fraction of sp³-hybridized carbons (Fsp3) is 0. The molecule has 10 aromatic carbocycles. The molecule has 0 aliphatic rings. The van der Waals surface area contributed by atoms with Gasteiger partial charge >= 0.3 is 0 Å². The van der Waals surface area contributed by atoms with Gasteiger partial charge in [-0.2, -0.15) is 0 Å². The van der Waals surface area contributed by atoms with E-state index >= 15 is 0 Å². The molecule has 0 unspecified atom stereocenters. The third-order valence-electron chi connectivity index (χ3n) is 11.0. The van der Waals surface area contributed by atoms with Gasteiger partial charge in [0.05, 0.1) is 0 Å². The standard InChI is InChI=1S/C52H32S/c1-3-14-35-30-39(26-24-33(35)12-1)50-45-21-7-5-19-43(45)49(44-20-6-8-22-46(44)50)38-17-11-16-37(32-38)41-28-29-47-42-18-9-10-23-48(42)53-52(47)51(41)40-27-25-34-13-2-4-15-36(34)31-40/h1-32H. The third kappa shape index (κ3) is 4.82. The molecule has 53 heavy (non-hydrogen) atoms. The molecule has 0 nitrogen and oxygen atoms in total. The van der Waals surface area contributed by atoms with E-state index in [0.29, 0.717) is 0 Å². The number of hydrogen-bond donors (Lipinski definition) is 0. The van der Waals surface area contributed by atoms with E-state index < -0.39 is 0 Å². The Kier molecular flexibility index (Phi) is 6.83. The Morgan fingerprint density at radius 3 is 1.34 bits per heavy atom. The Hall–Kier alpha value is -6.54. The van der Waals surface area contributed by atoms with E-state index in [-0.39, 0.29) is 0 Å². The van der Waals surface area contributed by atoms with Gasteiger partial charge in [-0.25, -0.2) is 0 Å². The molecular weight excluding hydrogens is 657 g/mol. The number of fused-ring (bicyclic) bond motifs is 7. The number of rotatable bonds is 4. The molecule has 0 saturated carbocycles. The molecular formula is C52H32S. The normalized spacial score (nSPS) is 11.8. The maximum atomic E-state index is 2.42. The van der Waals surface area contributed by atoms with Crippen LogP contribution in [0, 0.1) is 0 Å². The summed E-state index contributed by atoms with van der Waals surface area (Å²) in [6.07, 6.45) is 0. The first-order valence-electron chi connectivity index (χ1n) is 18.3. The summed E-state index contributed by atoms with van der Waals surface area (Å²) in [6.45, 7) is 0. The van der Waals surface area contributed by atoms with Crippen molar-refractivity contribution in [2.45, 2.75) is 0 Å². The van der Waals surface area contributed by atoms with Crippen molar-refractivity contribution in [3.05, 3.63) is 194 Å². The van der Waals surface area contributed by atoms with Crippen LogP contribution in [0.2, 0.25) is 0 Å². The fourth-order valence-electron chi connectivity index (χ4n) is 8.60. The molecule has 0 aliphatic heterocycles. The topological polar surface area (TPSA) is 0 Å². The molecule has 0 radical (unpaired) electrons. The molecule has 11 aromatic rings. The van der Waals surface area contributed by atoms with Gasteiger partial charge in [0.2, 0.25) is 0 Å². The van der Waals surface area contributed by atoms with Crippen LogP contribution in [0.5, 0.6) is 0 Å². The summed E-state index contributed by atoms with van der Waals surface area (Å²) >= 11 is 1.90. The van der Waals surface area contributed by atoms with E-state index in [1.165, 1.54) is 108 Å². The van der Waals surface area contributed by atoms with Crippen molar-refractivity contribution in [2.24, 2.45) is 0 Å². The number of thiophene rings is 1. The Morgan fingerprint density at radius 1 is 0.264 bits per heavy atom. The molecule has 0 bridgehead atoms. The van der Waals surface area contributed by atoms with Crippen molar-refractivity contribution in [1.82, 2.24) is 0 Å². The smallest absolute Gasteiger partial charge is 0.0440 e. The lowest BCUT2D eigenvalue weighted by molar-refractivity contribution is 1.62. The third-order valence-corrected chi connectivity index (χ3v) is 12.2. The van der Waals surface area contributed by atoms with Crippen molar-refractivity contribution in [3.63, 3.8) is 0 Å². The largest absolute Gasteiger partial charge is 0.135 e. The lowest BCUT2D eigenvalue weighted by atomic mass is 9.84. The molecule has 0 spiro atoms. The summed E-state index contributed by atoms with van der Waals surface area (Å²) in [6, 6.07) is 71.8. The monoisotopic (exact) mass is 688 g/mol. The summed E-state index contributed by atoms with van der Waals surface area (Å²) in [5.74, 6) is 0. The molecule has 1 heteroatoms. The van der Waals surface area contributed by atoms with Gasteiger partial charge in [-0.15, -0.1) is 11.3 Å². The van der Waals surface area contributed by atoms with Gasteiger partial charge < -0.3 is 0 Å². The Morgan fingerprint density at radius 2 is 0.736 bits per heavy atom. The van der Waals surface area contributed by atoms with Gasteiger partial charge in [-0.1, -0.05) is 170 Å². The van der Waals surface area contributed by atoms with Crippen LogP contribution in [0.4, 0.5) is 0 Å². The molecule has 0 fully saturated rings. The molecule has 1 aromatic heterocycles. The average molecular weight is 689 g/mol. The van der Waals surface area contributed by atoms with Crippen LogP contribution in [-0.2, 0) is 0 Å². The van der Waals surface area contributed by atoms with E-state index in [4.69, 9.17) is 0 Å². The van der Waals surface area contributed by atoms with Crippen LogP contribution in [-0.4, -0.2) is 0 Å². The predicted molar refractivity (Wildman–Crippen MR) is 231 cm³/mol. The van der Waals surface area contributed by atoms with E-state index in [0.717, 1.165) is 0 Å². The first-order valence-corrected chi connectivity index (χ1v) is 19.1. The number of benzene rings is 10. The van der Waals surface area contributed by atoms with Crippen molar-refractivity contribution in [3.8, 4) is 44.5 Å². The van der Waals surface area contributed by atoms with Crippen LogP contribution < -0.4 is 0 Å². The second kappa shape index (κ2) is 12.0. The SMILES string of the molecule is c1cc(-c2ccc3c(sc4ccccc43)c2-c2ccc3ccccc3c2)cc(-c2c3ccccc3c(-c3ccc4ccccc4c3)c3ccccc23)c1. The Bertz CT molecular complexity index is 3180. The van der Waals surface area contributed by atoms with Crippen molar-refractivity contribution in [2.75, 3.05) is 0 Å². The van der Waals surface area contributed by atoms with Crippen LogP contribution in [0.3, 0.4) is 0 Å². The summed E-state index contributed by atoms with van der Waals surface area (Å²) in [5, 5.41) is 12.7. The zero-order valence-electron chi connectivity index (χ0n) is 28.9. The van der Waals surface area contributed by atoms with Crippen LogP contribution in [0.25, 0.3) is 108 Å². The van der Waals surface area contributed by atoms with E-state index in [9.17, 15) is 0 Å². The fourth-order valence-corrected chi connectivity index (χ4v) is 9.87. The summed E-state index contributed by atoms with van der Waals surface area (Å²) in [5.41, 5.74) is 10.0. The van der Waals surface area contributed by atoms with E-state index in [2.05, 4.69) is 194 Å². The zero-order valence-corrected chi connectivity index (χ0v) is 29.7. The van der Waals surface area contributed by atoms with Gasteiger partial charge in [0, 0.05) is 25.7 Å². The van der Waals surface area contributed by atoms with Crippen molar-refractivity contribution < 1.29 is 0 Å². The maximum absolute atomic E-state index is 2.42. The van der Waals surface area contributed by atoms with Crippen LogP contribution in [0.1, 0.15) is 0 Å². The van der Waals surface area contributed by atoms with Gasteiger partial charge in [-0.3, -0.25) is 0 Å². The molecule has 0 saturated heterocycles. The highest BCUT2D eigenvalue weighted by molar-refractivity contribution is 7.26. The molecule has 0 N–H and O–H groups in total. The molecule has 246 valence electrons. The minimum atomic E-state index is 1.22. The zero-order chi connectivity index (χ0) is 34.9. The minimum absolute atomic E-state index is 1.22. The van der Waals surface area contributed by atoms with Crippen LogP contribution in [0.15, 0.2) is 194 Å². The first-order chi connectivity index (χ1) is 26.3. The molecule has 0 aliphatic carbocycles. The lowest BCUT2D eigenvalue weighted by Gasteiger charge is -2.19. The van der Waals surface area contributed by atoms with Crippen molar-refractivity contribution in [1.29, 1.82) is 0 Å². The average Bonchev–Trinajstić information content (AvgIpc) is 3.61. The highest BCUT2D eigenvalue weighted by Gasteiger charge is 2.20. The highest BCUT2D eigenvalue weighted by atomic mass is 32.1. The number of hydrogen-bond acceptors (Lipinski definition) is 1. The highest BCUT2D eigenvalue weighted by Crippen LogP contribution is 2.48. The van der Waals surface area contributed by atoms with Gasteiger partial charge in [-0.05, 0) is 106 Å². The molecule has 0 atom stereocenters. The van der Waals surface area contributed by atoms with Crippen LogP contribution >= 0.6 is 11.3 Å². The minimum Gasteiger partial charge on any atom is -0.135 e. The molecule has 0 amide bonds. The second-order valence-corrected chi connectivity index (χ2v) is 15.1. The van der Waals surface area contributed by atoms with Crippen molar-refractivity contribution >= 4 is 74.6 Å². The summed E-state index contributed by atoms with van der Waals surface area (Å²) < 4.78 is 2.65. The second-order valence-electron chi connectivity index (χ2n) is 14.0. The maximum Gasteiger partial charge on any atom is 0.0440 e. The van der Waals surface area contributed by atoms with Gasteiger partial charge in [0.25, 0.3) is 0 Å². The summed E-state index contributed by atoms with van der Waals surface area (Å²) in [4.78, 5) is 0. The molecule has 1 heterocycles. The quantitative estimate of drug-likeness (QED) is 0.162.